The molecule has 0 aromatic heterocycles. The van der Waals surface area contributed by atoms with Gasteiger partial charge in [0.25, 0.3) is 0 Å². The summed E-state index contributed by atoms with van der Waals surface area (Å²) in [6.45, 7) is 4.34. The van der Waals surface area contributed by atoms with Crippen LogP contribution in [0.1, 0.15) is 90.9 Å². The Balaban J connectivity index is 3.05. The van der Waals surface area contributed by atoms with Gasteiger partial charge in [-0.25, -0.2) is 0 Å². The van der Waals surface area contributed by atoms with Crippen molar-refractivity contribution < 1.29 is 4.79 Å². The number of hydrogen-bond acceptors (Lipinski definition) is 1. The van der Waals surface area contributed by atoms with E-state index in [1.165, 1.54) is 64.2 Å². The summed E-state index contributed by atoms with van der Waals surface area (Å²) in [6.07, 6.45) is 17.8. The van der Waals surface area contributed by atoms with Crippen LogP contribution in [0, 0.1) is 5.92 Å². The van der Waals surface area contributed by atoms with Gasteiger partial charge < -0.3 is 0 Å². The van der Waals surface area contributed by atoms with Crippen molar-refractivity contribution in [3.8, 4) is 0 Å². The maximum atomic E-state index is 10.5. The fourth-order valence-corrected chi connectivity index (χ4v) is 2.22. The van der Waals surface area contributed by atoms with E-state index in [0.29, 0.717) is 0 Å². The fourth-order valence-electron chi connectivity index (χ4n) is 2.22. The zero-order valence-corrected chi connectivity index (χ0v) is 12.0. The Hall–Kier alpha value is -0.330. The van der Waals surface area contributed by atoms with Crippen LogP contribution < -0.4 is 0 Å². The zero-order chi connectivity index (χ0) is 12.8. The quantitative estimate of drug-likeness (QED) is 0.391. The molecular weight excluding hydrogens is 208 g/mol. The molecule has 1 unspecified atom stereocenters. The Kier molecular flexibility index (Phi) is 13.5. The van der Waals surface area contributed by atoms with E-state index in [1.54, 1.807) is 0 Å². The standard InChI is InChI=1S/C16H31O/c1-3-5-6-7-8-9-10-11-12-13-14-16(4-2)15-17/h16H,3-14H2,1-2H3. The SMILES string of the molecule is CCCCCCCCCCCCC([C]=O)CC. The smallest absolute Gasteiger partial charge is 0.201 e. The third-order valence-corrected chi connectivity index (χ3v) is 3.57. The molecule has 0 saturated carbocycles. The highest BCUT2D eigenvalue weighted by atomic mass is 16.1. The predicted octanol–water partition coefficient (Wildman–Crippen LogP) is 5.43. The van der Waals surface area contributed by atoms with Crippen molar-refractivity contribution in [2.45, 2.75) is 90.9 Å². The van der Waals surface area contributed by atoms with Gasteiger partial charge in [0.1, 0.15) is 0 Å². The summed E-state index contributed by atoms with van der Waals surface area (Å²) >= 11 is 0. The predicted molar refractivity (Wildman–Crippen MR) is 75.9 cm³/mol. The molecule has 0 aliphatic rings. The second-order valence-electron chi connectivity index (χ2n) is 5.19. The number of carbonyl (C=O) groups excluding carboxylic acids is 1. The monoisotopic (exact) mass is 239 g/mol. The van der Waals surface area contributed by atoms with Crippen molar-refractivity contribution in [3.63, 3.8) is 0 Å². The average molecular weight is 239 g/mol. The summed E-state index contributed by atoms with van der Waals surface area (Å²) in [5.74, 6) is 0.198. The highest BCUT2D eigenvalue weighted by Gasteiger charge is 2.04. The maximum absolute atomic E-state index is 10.5. The lowest BCUT2D eigenvalue weighted by molar-refractivity contribution is 0.476. The van der Waals surface area contributed by atoms with E-state index in [-0.39, 0.29) is 5.92 Å². The summed E-state index contributed by atoms with van der Waals surface area (Å²) in [5, 5.41) is 0. The van der Waals surface area contributed by atoms with Crippen LogP contribution in [0.4, 0.5) is 0 Å². The summed E-state index contributed by atoms with van der Waals surface area (Å²) in [4.78, 5) is 10.5. The number of hydrogen-bond donors (Lipinski definition) is 0. The van der Waals surface area contributed by atoms with E-state index in [0.717, 1.165) is 12.8 Å². The molecule has 0 N–H and O–H groups in total. The van der Waals surface area contributed by atoms with Crippen molar-refractivity contribution in [2.75, 3.05) is 0 Å². The molecule has 0 fully saturated rings. The second kappa shape index (κ2) is 13.7. The summed E-state index contributed by atoms with van der Waals surface area (Å²) in [7, 11) is 0. The Morgan fingerprint density at radius 2 is 1.24 bits per heavy atom. The molecule has 0 aliphatic carbocycles. The maximum Gasteiger partial charge on any atom is 0.201 e. The topological polar surface area (TPSA) is 17.1 Å². The van der Waals surface area contributed by atoms with Crippen LogP contribution in [0.25, 0.3) is 0 Å². The molecule has 0 bridgehead atoms. The molecule has 1 atom stereocenters. The van der Waals surface area contributed by atoms with Crippen LogP contribution in [0.15, 0.2) is 0 Å². The largest absolute Gasteiger partial charge is 0.291 e. The van der Waals surface area contributed by atoms with Gasteiger partial charge in [-0.1, -0.05) is 78.1 Å². The summed E-state index contributed by atoms with van der Waals surface area (Å²) in [5.41, 5.74) is 0. The highest BCUT2D eigenvalue weighted by Crippen LogP contribution is 2.14. The summed E-state index contributed by atoms with van der Waals surface area (Å²) < 4.78 is 0. The Labute approximate surface area is 108 Å². The number of rotatable bonds is 13. The van der Waals surface area contributed by atoms with Crippen LogP contribution >= 0.6 is 0 Å². The average Bonchev–Trinajstić information content (AvgIpc) is 2.36. The zero-order valence-electron chi connectivity index (χ0n) is 12.0. The minimum atomic E-state index is 0.198. The van der Waals surface area contributed by atoms with Gasteiger partial charge in [0.15, 0.2) is 0 Å². The van der Waals surface area contributed by atoms with E-state index in [4.69, 9.17) is 0 Å². The van der Waals surface area contributed by atoms with Crippen molar-refractivity contribution >= 4 is 6.29 Å². The van der Waals surface area contributed by atoms with E-state index in [1.807, 2.05) is 0 Å². The van der Waals surface area contributed by atoms with Crippen LogP contribution in [-0.4, -0.2) is 6.29 Å². The minimum Gasteiger partial charge on any atom is -0.291 e. The molecule has 0 aromatic rings. The first-order chi connectivity index (χ1) is 8.35. The van der Waals surface area contributed by atoms with Gasteiger partial charge in [0.2, 0.25) is 6.29 Å². The minimum absolute atomic E-state index is 0.198. The lowest BCUT2D eigenvalue weighted by Gasteiger charge is -2.05. The molecule has 0 heterocycles. The van der Waals surface area contributed by atoms with Crippen molar-refractivity contribution in [1.82, 2.24) is 0 Å². The van der Waals surface area contributed by atoms with E-state index in [9.17, 15) is 4.79 Å². The second-order valence-corrected chi connectivity index (χ2v) is 5.19. The number of unbranched alkanes of at least 4 members (excludes halogenated alkanes) is 9. The third kappa shape index (κ3) is 11.9. The first-order valence-corrected chi connectivity index (χ1v) is 7.72. The van der Waals surface area contributed by atoms with Crippen LogP contribution in [0.5, 0.6) is 0 Å². The van der Waals surface area contributed by atoms with Crippen LogP contribution in [-0.2, 0) is 4.79 Å². The molecule has 17 heavy (non-hydrogen) atoms. The molecule has 101 valence electrons. The third-order valence-electron chi connectivity index (χ3n) is 3.57. The van der Waals surface area contributed by atoms with Gasteiger partial charge in [0, 0.05) is 5.92 Å². The highest BCUT2D eigenvalue weighted by molar-refractivity contribution is 5.54. The normalized spacial score (nSPS) is 12.6. The molecule has 1 radical (unpaired) electrons. The van der Waals surface area contributed by atoms with Crippen LogP contribution in [0.3, 0.4) is 0 Å². The Morgan fingerprint density at radius 1 is 0.765 bits per heavy atom. The molecule has 1 nitrogen and oxygen atoms in total. The molecule has 1 heteroatoms. The molecule has 0 aliphatic heterocycles. The molecule has 0 rings (SSSR count). The lowest BCUT2D eigenvalue weighted by Crippen LogP contribution is -1.99. The van der Waals surface area contributed by atoms with Gasteiger partial charge in [-0.15, -0.1) is 0 Å². The van der Waals surface area contributed by atoms with Gasteiger partial charge in [0.05, 0.1) is 0 Å². The first kappa shape index (κ1) is 16.7. The Bertz CT molecular complexity index is 154. The first-order valence-electron chi connectivity index (χ1n) is 7.72. The van der Waals surface area contributed by atoms with E-state index >= 15 is 0 Å². The molecule has 0 saturated heterocycles. The van der Waals surface area contributed by atoms with Gasteiger partial charge in [-0.2, -0.15) is 0 Å². The molecule has 0 spiro atoms. The van der Waals surface area contributed by atoms with E-state index in [2.05, 4.69) is 20.1 Å². The molecule has 0 amide bonds. The van der Waals surface area contributed by atoms with Crippen molar-refractivity contribution in [2.24, 2.45) is 5.92 Å². The van der Waals surface area contributed by atoms with Crippen molar-refractivity contribution in [3.05, 3.63) is 0 Å². The lowest BCUT2D eigenvalue weighted by atomic mass is 9.99. The molecule has 0 aromatic carbocycles. The Morgan fingerprint density at radius 3 is 1.65 bits per heavy atom. The molecular formula is C16H31O. The fraction of sp³-hybridized carbons (Fsp3) is 0.938. The van der Waals surface area contributed by atoms with Crippen molar-refractivity contribution in [1.29, 1.82) is 0 Å². The van der Waals surface area contributed by atoms with E-state index < -0.39 is 0 Å². The van der Waals surface area contributed by atoms with Gasteiger partial charge >= 0.3 is 0 Å². The van der Waals surface area contributed by atoms with Gasteiger partial charge in [-0.05, 0) is 12.8 Å². The summed E-state index contributed by atoms with van der Waals surface area (Å²) in [6, 6.07) is 0. The van der Waals surface area contributed by atoms with Crippen LogP contribution in [0.2, 0.25) is 0 Å². The van der Waals surface area contributed by atoms with Gasteiger partial charge in [-0.3, -0.25) is 4.79 Å².